The Bertz CT molecular complexity index is 186. The number of hydrogen-bond donors (Lipinski definition) is 1. The standard InChI is InChI=1S/C9H16ClNO2/c1-2-8(10)9(13)11-5-3-4-7(11)6-12/h7-8,12H,2-6H2,1H3/t7-,8-/m0/s1. The average molecular weight is 206 g/mol. The van der Waals surface area contributed by atoms with Gasteiger partial charge < -0.3 is 10.0 Å². The third-order valence-corrected chi connectivity index (χ3v) is 2.99. The van der Waals surface area contributed by atoms with Crippen LogP contribution in [-0.4, -0.2) is 40.5 Å². The molecular weight excluding hydrogens is 190 g/mol. The second-order valence-corrected chi connectivity index (χ2v) is 3.91. The molecule has 0 aliphatic carbocycles. The van der Waals surface area contributed by atoms with Gasteiger partial charge in [-0.2, -0.15) is 0 Å². The molecule has 0 aromatic carbocycles. The molecule has 0 saturated carbocycles. The Morgan fingerprint density at radius 3 is 3.00 bits per heavy atom. The number of nitrogens with zero attached hydrogens (tertiary/aromatic N) is 1. The molecule has 76 valence electrons. The molecule has 0 bridgehead atoms. The van der Waals surface area contributed by atoms with Gasteiger partial charge in [-0.15, -0.1) is 11.6 Å². The fraction of sp³-hybridized carbons (Fsp3) is 0.889. The first kappa shape index (κ1) is 10.8. The van der Waals surface area contributed by atoms with Crippen LogP contribution in [0.2, 0.25) is 0 Å². The van der Waals surface area contributed by atoms with Gasteiger partial charge in [0.15, 0.2) is 0 Å². The van der Waals surface area contributed by atoms with E-state index in [2.05, 4.69) is 0 Å². The molecule has 1 aliphatic rings. The largest absolute Gasteiger partial charge is 0.394 e. The van der Waals surface area contributed by atoms with Gasteiger partial charge in [0.25, 0.3) is 0 Å². The average Bonchev–Trinajstić information content (AvgIpc) is 2.62. The summed E-state index contributed by atoms with van der Waals surface area (Å²) in [5, 5.41) is 8.58. The van der Waals surface area contributed by atoms with Crippen LogP contribution in [0.4, 0.5) is 0 Å². The fourth-order valence-electron chi connectivity index (χ4n) is 1.67. The zero-order valence-corrected chi connectivity index (χ0v) is 8.63. The Morgan fingerprint density at radius 1 is 1.77 bits per heavy atom. The topological polar surface area (TPSA) is 40.5 Å². The quantitative estimate of drug-likeness (QED) is 0.699. The normalized spacial score (nSPS) is 24.8. The van der Waals surface area contributed by atoms with Crippen LogP contribution < -0.4 is 0 Å². The van der Waals surface area contributed by atoms with Crippen LogP contribution in [0.3, 0.4) is 0 Å². The Hall–Kier alpha value is -0.280. The van der Waals surface area contributed by atoms with Crippen molar-refractivity contribution in [2.24, 2.45) is 0 Å². The van der Waals surface area contributed by atoms with Crippen LogP contribution in [0.1, 0.15) is 26.2 Å². The first-order chi connectivity index (χ1) is 6.20. The molecule has 0 aromatic rings. The van der Waals surface area contributed by atoms with Crippen LogP contribution >= 0.6 is 11.6 Å². The van der Waals surface area contributed by atoms with E-state index in [9.17, 15) is 4.79 Å². The first-order valence-corrected chi connectivity index (χ1v) is 5.19. The van der Waals surface area contributed by atoms with Crippen LogP contribution in [0, 0.1) is 0 Å². The molecule has 0 aromatic heterocycles. The van der Waals surface area contributed by atoms with E-state index in [4.69, 9.17) is 16.7 Å². The maximum absolute atomic E-state index is 11.6. The van der Waals surface area contributed by atoms with E-state index < -0.39 is 5.38 Å². The summed E-state index contributed by atoms with van der Waals surface area (Å²) in [7, 11) is 0. The molecular formula is C9H16ClNO2. The highest BCUT2D eigenvalue weighted by Crippen LogP contribution is 2.19. The van der Waals surface area contributed by atoms with Crippen molar-refractivity contribution in [2.75, 3.05) is 13.2 Å². The van der Waals surface area contributed by atoms with E-state index >= 15 is 0 Å². The summed E-state index contributed by atoms with van der Waals surface area (Å²) in [5.41, 5.74) is 0. The van der Waals surface area contributed by atoms with Gasteiger partial charge in [-0.3, -0.25) is 4.79 Å². The number of likely N-dealkylation sites (tertiary alicyclic amines) is 1. The summed E-state index contributed by atoms with van der Waals surface area (Å²) in [6.07, 6.45) is 2.52. The van der Waals surface area contributed by atoms with Crippen molar-refractivity contribution in [1.82, 2.24) is 4.90 Å². The predicted octanol–water partition coefficient (Wildman–Crippen LogP) is 0.987. The highest BCUT2D eigenvalue weighted by molar-refractivity contribution is 6.30. The smallest absolute Gasteiger partial charge is 0.240 e. The fourth-order valence-corrected chi connectivity index (χ4v) is 1.80. The van der Waals surface area contributed by atoms with Gasteiger partial charge in [0, 0.05) is 6.54 Å². The number of halogens is 1. The monoisotopic (exact) mass is 205 g/mol. The van der Waals surface area contributed by atoms with Crippen LogP contribution in [0.25, 0.3) is 0 Å². The van der Waals surface area contributed by atoms with Crippen molar-refractivity contribution >= 4 is 17.5 Å². The third-order valence-electron chi connectivity index (χ3n) is 2.50. The number of alkyl halides is 1. The van der Waals surface area contributed by atoms with Gasteiger partial charge in [0.1, 0.15) is 5.38 Å². The minimum atomic E-state index is -0.424. The van der Waals surface area contributed by atoms with Crippen molar-refractivity contribution in [3.63, 3.8) is 0 Å². The molecule has 1 N–H and O–H groups in total. The molecule has 1 saturated heterocycles. The number of carbonyl (C=O) groups is 1. The predicted molar refractivity (Wildman–Crippen MR) is 51.8 cm³/mol. The van der Waals surface area contributed by atoms with E-state index in [1.54, 1.807) is 4.90 Å². The van der Waals surface area contributed by atoms with E-state index in [-0.39, 0.29) is 18.6 Å². The SMILES string of the molecule is CC[C@H](Cl)C(=O)N1CCC[C@H]1CO. The van der Waals surface area contributed by atoms with E-state index in [1.807, 2.05) is 6.92 Å². The Labute approximate surface area is 83.7 Å². The second kappa shape index (κ2) is 4.82. The summed E-state index contributed by atoms with van der Waals surface area (Å²) in [4.78, 5) is 13.3. The lowest BCUT2D eigenvalue weighted by molar-refractivity contribution is -0.132. The Kier molecular flexibility index (Phi) is 4.00. The van der Waals surface area contributed by atoms with Gasteiger partial charge in [0.2, 0.25) is 5.91 Å². The molecule has 3 nitrogen and oxygen atoms in total. The summed E-state index contributed by atoms with van der Waals surface area (Å²) in [6, 6.07) is 0.000278. The van der Waals surface area contributed by atoms with Gasteiger partial charge in [-0.25, -0.2) is 0 Å². The Balaban J connectivity index is 2.54. The summed E-state index contributed by atoms with van der Waals surface area (Å²) >= 11 is 5.85. The van der Waals surface area contributed by atoms with Crippen LogP contribution in [0.5, 0.6) is 0 Å². The lowest BCUT2D eigenvalue weighted by atomic mass is 10.2. The molecule has 1 heterocycles. The number of carbonyl (C=O) groups excluding carboxylic acids is 1. The summed E-state index contributed by atoms with van der Waals surface area (Å²) in [6.45, 7) is 2.69. The number of rotatable bonds is 3. The lowest BCUT2D eigenvalue weighted by Gasteiger charge is -2.24. The summed E-state index contributed by atoms with van der Waals surface area (Å²) in [5.74, 6) is -0.0271. The van der Waals surface area contributed by atoms with Crippen molar-refractivity contribution in [3.8, 4) is 0 Å². The number of aliphatic hydroxyl groups excluding tert-OH is 1. The number of amides is 1. The molecule has 0 spiro atoms. The maximum Gasteiger partial charge on any atom is 0.240 e. The molecule has 4 heteroatoms. The molecule has 1 rings (SSSR count). The molecule has 1 aliphatic heterocycles. The van der Waals surface area contributed by atoms with Crippen LogP contribution in [-0.2, 0) is 4.79 Å². The Morgan fingerprint density at radius 2 is 2.46 bits per heavy atom. The zero-order valence-electron chi connectivity index (χ0n) is 7.87. The van der Waals surface area contributed by atoms with Crippen molar-refractivity contribution in [3.05, 3.63) is 0 Å². The zero-order chi connectivity index (χ0) is 9.84. The number of hydrogen-bond acceptors (Lipinski definition) is 2. The third kappa shape index (κ3) is 2.35. The lowest BCUT2D eigenvalue weighted by Crippen LogP contribution is -2.41. The second-order valence-electron chi connectivity index (χ2n) is 3.39. The van der Waals surface area contributed by atoms with Gasteiger partial charge in [0.05, 0.1) is 12.6 Å². The van der Waals surface area contributed by atoms with E-state index in [1.165, 1.54) is 0 Å². The minimum absolute atomic E-state index is 0.000278. The highest BCUT2D eigenvalue weighted by atomic mass is 35.5. The van der Waals surface area contributed by atoms with Crippen molar-refractivity contribution in [1.29, 1.82) is 0 Å². The van der Waals surface area contributed by atoms with Crippen molar-refractivity contribution in [2.45, 2.75) is 37.6 Å². The number of aliphatic hydroxyl groups is 1. The molecule has 0 unspecified atom stereocenters. The van der Waals surface area contributed by atoms with Gasteiger partial charge in [-0.1, -0.05) is 6.92 Å². The minimum Gasteiger partial charge on any atom is -0.394 e. The van der Waals surface area contributed by atoms with Gasteiger partial charge in [-0.05, 0) is 19.3 Å². The molecule has 1 amide bonds. The molecule has 1 fully saturated rings. The molecule has 0 radical (unpaired) electrons. The summed E-state index contributed by atoms with van der Waals surface area (Å²) < 4.78 is 0. The maximum atomic E-state index is 11.6. The van der Waals surface area contributed by atoms with Gasteiger partial charge >= 0.3 is 0 Å². The van der Waals surface area contributed by atoms with Crippen molar-refractivity contribution < 1.29 is 9.90 Å². The molecule has 2 atom stereocenters. The van der Waals surface area contributed by atoms with Crippen LogP contribution in [0.15, 0.2) is 0 Å². The van der Waals surface area contributed by atoms with E-state index in [0.29, 0.717) is 6.42 Å². The first-order valence-electron chi connectivity index (χ1n) is 4.76. The highest BCUT2D eigenvalue weighted by Gasteiger charge is 2.30. The molecule has 13 heavy (non-hydrogen) atoms. The van der Waals surface area contributed by atoms with E-state index in [0.717, 1.165) is 19.4 Å².